The van der Waals surface area contributed by atoms with Gasteiger partial charge in [0.05, 0.1) is 6.04 Å². The Hall–Kier alpha value is -2.54. The summed E-state index contributed by atoms with van der Waals surface area (Å²) in [6.45, 7) is -0.445. The highest BCUT2D eigenvalue weighted by Crippen LogP contribution is 2.24. The molecular formula is C18H18F3NO3. The molecule has 7 heteroatoms. The van der Waals surface area contributed by atoms with E-state index in [4.69, 9.17) is 4.74 Å². The number of aliphatic hydroxyl groups excluding tert-OH is 1. The maximum Gasteiger partial charge on any atom is 0.416 e. The second-order valence-corrected chi connectivity index (χ2v) is 5.45. The van der Waals surface area contributed by atoms with E-state index in [0.29, 0.717) is 11.3 Å². The molecule has 0 saturated carbocycles. The lowest BCUT2D eigenvalue weighted by molar-refractivity contribution is -0.212. The van der Waals surface area contributed by atoms with Gasteiger partial charge in [-0.15, -0.1) is 0 Å². The maximum absolute atomic E-state index is 12.9. The first-order valence-corrected chi connectivity index (χ1v) is 7.62. The Bertz CT molecular complexity index is 662. The summed E-state index contributed by atoms with van der Waals surface area (Å²) < 4.78 is 43.8. The van der Waals surface area contributed by atoms with E-state index >= 15 is 0 Å². The van der Waals surface area contributed by atoms with Crippen LogP contribution in [0, 0.1) is 0 Å². The van der Waals surface area contributed by atoms with Crippen LogP contribution in [0.15, 0.2) is 60.7 Å². The fourth-order valence-corrected chi connectivity index (χ4v) is 2.25. The van der Waals surface area contributed by atoms with Crippen LogP contribution < -0.4 is 10.1 Å². The summed E-state index contributed by atoms with van der Waals surface area (Å²) in [5.41, 5.74) is 0.570. The zero-order chi connectivity index (χ0) is 18.3. The lowest BCUT2D eigenvalue weighted by Crippen LogP contribution is -2.52. The highest BCUT2D eigenvalue weighted by Gasteiger charge is 2.44. The van der Waals surface area contributed by atoms with Crippen molar-refractivity contribution in [2.75, 3.05) is 6.61 Å². The predicted octanol–water partition coefficient (Wildman–Crippen LogP) is 2.72. The van der Waals surface area contributed by atoms with Crippen molar-refractivity contribution in [1.82, 2.24) is 5.32 Å². The van der Waals surface area contributed by atoms with Crippen molar-refractivity contribution >= 4 is 5.91 Å². The Morgan fingerprint density at radius 2 is 1.60 bits per heavy atom. The molecule has 2 aromatic rings. The number of aliphatic hydroxyl groups is 1. The number of benzene rings is 2. The van der Waals surface area contributed by atoms with Gasteiger partial charge in [-0.05, 0) is 24.1 Å². The van der Waals surface area contributed by atoms with E-state index in [-0.39, 0.29) is 6.42 Å². The Morgan fingerprint density at radius 1 is 1.04 bits per heavy atom. The number of halogens is 3. The highest BCUT2D eigenvalue weighted by atomic mass is 19.4. The van der Waals surface area contributed by atoms with Gasteiger partial charge in [0.1, 0.15) is 5.75 Å². The molecule has 25 heavy (non-hydrogen) atoms. The molecule has 0 radical (unpaired) electrons. The first-order chi connectivity index (χ1) is 11.9. The van der Waals surface area contributed by atoms with Gasteiger partial charge in [-0.3, -0.25) is 4.79 Å². The largest absolute Gasteiger partial charge is 0.484 e. The summed E-state index contributed by atoms with van der Waals surface area (Å²) in [4.78, 5) is 11.9. The third-order valence-electron chi connectivity index (χ3n) is 3.47. The second kappa shape index (κ2) is 8.53. The maximum atomic E-state index is 12.9. The summed E-state index contributed by atoms with van der Waals surface area (Å²) in [6.07, 6.45) is -7.67. The smallest absolute Gasteiger partial charge is 0.416 e. The van der Waals surface area contributed by atoms with Crippen LogP contribution >= 0.6 is 0 Å². The first kappa shape index (κ1) is 18.8. The summed E-state index contributed by atoms with van der Waals surface area (Å²) in [5, 5.41) is 11.8. The van der Waals surface area contributed by atoms with Crippen LogP contribution in [-0.4, -0.2) is 35.9 Å². The molecule has 0 bridgehead atoms. The minimum Gasteiger partial charge on any atom is -0.484 e. The van der Waals surface area contributed by atoms with Crippen molar-refractivity contribution in [1.29, 1.82) is 0 Å². The van der Waals surface area contributed by atoms with Crippen LogP contribution in [0.2, 0.25) is 0 Å². The van der Waals surface area contributed by atoms with E-state index in [0.717, 1.165) is 0 Å². The van der Waals surface area contributed by atoms with Crippen molar-refractivity contribution in [2.24, 2.45) is 0 Å². The minimum absolute atomic E-state index is 0.154. The molecule has 0 saturated heterocycles. The van der Waals surface area contributed by atoms with Crippen molar-refractivity contribution in [2.45, 2.75) is 24.7 Å². The third-order valence-corrected chi connectivity index (χ3v) is 3.47. The van der Waals surface area contributed by atoms with Crippen molar-refractivity contribution in [3.05, 3.63) is 66.2 Å². The fourth-order valence-electron chi connectivity index (χ4n) is 2.25. The number of rotatable bonds is 7. The van der Waals surface area contributed by atoms with Crippen LogP contribution in [0.25, 0.3) is 0 Å². The van der Waals surface area contributed by atoms with Crippen LogP contribution in [0.3, 0.4) is 0 Å². The molecule has 0 aromatic heterocycles. The van der Waals surface area contributed by atoms with Gasteiger partial charge >= 0.3 is 6.18 Å². The fraction of sp³-hybridized carbons (Fsp3) is 0.278. The molecule has 0 aliphatic heterocycles. The Labute approximate surface area is 143 Å². The van der Waals surface area contributed by atoms with E-state index in [1.165, 1.54) is 0 Å². The zero-order valence-corrected chi connectivity index (χ0v) is 13.2. The molecule has 1 unspecified atom stereocenters. The molecule has 0 spiro atoms. The molecule has 2 atom stereocenters. The summed E-state index contributed by atoms with van der Waals surface area (Å²) in [7, 11) is 0. The summed E-state index contributed by atoms with van der Waals surface area (Å²) >= 11 is 0. The predicted molar refractivity (Wildman–Crippen MR) is 86.1 cm³/mol. The SMILES string of the molecule is O=C(COc1ccccc1)N[C@H](Cc1ccccc1)C(O)C(F)(F)F. The molecule has 0 fully saturated rings. The van der Waals surface area contributed by atoms with E-state index in [2.05, 4.69) is 5.32 Å². The molecule has 0 heterocycles. The number of carbonyl (C=O) groups excluding carboxylic acids is 1. The molecule has 2 rings (SSSR count). The number of para-hydroxylation sites is 1. The Kier molecular flexibility index (Phi) is 6.41. The first-order valence-electron chi connectivity index (χ1n) is 7.62. The Balaban J connectivity index is 2.00. The molecule has 4 nitrogen and oxygen atoms in total. The average Bonchev–Trinajstić information content (AvgIpc) is 2.60. The van der Waals surface area contributed by atoms with Crippen LogP contribution in [0.4, 0.5) is 13.2 Å². The van der Waals surface area contributed by atoms with Crippen LogP contribution in [0.5, 0.6) is 5.75 Å². The van der Waals surface area contributed by atoms with Gasteiger partial charge in [-0.2, -0.15) is 13.2 Å². The average molecular weight is 353 g/mol. The number of alkyl halides is 3. The van der Waals surface area contributed by atoms with Crippen molar-refractivity contribution < 1.29 is 27.8 Å². The number of carbonyl (C=O) groups is 1. The van der Waals surface area contributed by atoms with E-state index < -0.39 is 30.8 Å². The summed E-state index contributed by atoms with van der Waals surface area (Å²) in [5.74, 6) is -0.318. The van der Waals surface area contributed by atoms with Gasteiger partial charge in [0.2, 0.25) is 0 Å². The molecule has 1 amide bonds. The van der Waals surface area contributed by atoms with Gasteiger partial charge in [0.15, 0.2) is 12.7 Å². The quantitative estimate of drug-likeness (QED) is 0.805. The van der Waals surface area contributed by atoms with Crippen LogP contribution in [0.1, 0.15) is 5.56 Å². The topological polar surface area (TPSA) is 58.6 Å². The second-order valence-electron chi connectivity index (χ2n) is 5.45. The monoisotopic (exact) mass is 353 g/mol. The number of ether oxygens (including phenoxy) is 1. The van der Waals surface area contributed by atoms with Gasteiger partial charge in [-0.25, -0.2) is 0 Å². The van der Waals surface area contributed by atoms with Crippen molar-refractivity contribution in [3.8, 4) is 5.75 Å². The summed E-state index contributed by atoms with van der Waals surface area (Å²) in [6, 6.07) is 15.3. The number of amides is 1. The third kappa shape index (κ3) is 6.11. The molecule has 2 N–H and O–H groups in total. The standard InChI is InChI=1S/C18H18F3NO3/c19-18(20,21)17(24)15(11-13-7-3-1-4-8-13)22-16(23)12-25-14-9-5-2-6-10-14/h1-10,15,17,24H,11-12H2,(H,22,23)/t15-,17?/m1/s1. The zero-order valence-electron chi connectivity index (χ0n) is 13.2. The van der Waals surface area contributed by atoms with Gasteiger partial charge < -0.3 is 15.2 Å². The van der Waals surface area contributed by atoms with E-state index in [1.54, 1.807) is 60.7 Å². The minimum atomic E-state index is -4.84. The van der Waals surface area contributed by atoms with E-state index in [1.807, 2.05) is 0 Å². The molecular weight excluding hydrogens is 335 g/mol. The number of nitrogens with one attached hydrogen (secondary N) is 1. The van der Waals surface area contributed by atoms with E-state index in [9.17, 15) is 23.1 Å². The van der Waals surface area contributed by atoms with Crippen LogP contribution in [-0.2, 0) is 11.2 Å². The van der Waals surface area contributed by atoms with Crippen molar-refractivity contribution in [3.63, 3.8) is 0 Å². The Morgan fingerprint density at radius 3 is 2.16 bits per heavy atom. The molecule has 2 aromatic carbocycles. The van der Waals surface area contributed by atoms with Gasteiger partial charge in [0.25, 0.3) is 5.91 Å². The van der Waals surface area contributed by atoms with Gasteiger partial charge in [-0.1, -0.05) is 48.5 Å². The lowest BCUT2D eigenvalue weighted by atomic mass is 10.0. The van der Waals surface area contributed by atoms with Gasteiger partial charge in [0, 0.05) is 0 Å². The highest BCUT2D eigenvalue weighted by molar-refractivity contribution is 5.78. The number of hydrogen-bond donors (Lipinski definition) is 2. The molecule has 0 aliphatic carbocycles. The number of hydrogen-bond acceptors (Lipinski definition) is 3. The lowest BCUT2D eigenvalue weighted by Gasteiger charge is -2.26. The normalized spacial score (nSPS) is 13.8. The molecule has 134 valence electrons. The molecule has 0 aliphatic rings.